The van der Waals surface area contributed by atoms with Crippen molar-refractivity contribution in [2.75, 3.05) is 6.54 Å². The van der Waals surface area contributed by atoms with Gasteiger partial charge in [0.2, 0.25) is 0 Å². The summed E-state index contributed by atoms with van der Waals surface area (Å²) in [6, 6.07) is 6.44. The van der Waals surface area contributed by atoms with Crippen LogP contribution in [0.1, 0.15) is 44.2 Å². The van der Waals surface area contributed by atoms with Crippen molar-refractivity contribution >= 4 is 0 Å². The normalized spacial score (nSPS) is 15.6. The molecule has 1 heterocycles. The zero-order chi connectivity index (χ0) is 13.7. The summed E-state index contributed by atoms with van der Waals surface area (Å²) in [5.41, 5.74) is 2.53. The maximum Gasteiger partial charge on any atom is 0.127 e. The summed E-state index contributed by atoms with van der Waals surface area (Å²) in [4.78, 5) is 0. The number of hydrogen-bond acceptors (Lipinski definition) is 2. The van der Waals surface area contributed by atoms with E-state index >= 15 is 0 Å². The van der Waals surface area contributed by atoms with Crippen LogP contribution in [0, 0.1) is 12.3 Å². The number of fused-ring (bicyclic) bond motifs is 1. The molecule has 0 amide bonds. The Morgan fingerprint density at radius 2 is 2.21 bits per heavy atom. The Bertz CT molecular complexity index is 471. The second-order valence-electron chi connectivity index (χ2n) is 5.78. The van der Waals surface area contributed by atoms with E-state index in [1.807, 2.05) is 0 Å². The maximum absolute atomic E-state index is 6.05. The van der Waals surface area contributed by atoms with Gasteiger partial charge in [-0.3, -0.25) is 0 Å². The van der Waals surface area contributed by atoms with Gasteiger partial charge in [0.25, 0.3) is 0 Å². The van der Waals surface area contributed by atoms with Crippen molar-refractivity contribution in [3.63, 3.8) is 0 Å². The first-order valence-corrected chi connectivity index (χ1v) is 7.06. The Kier molecular flexibility index (Phi) is 4.50. The van der Waals surface area contributed by atoms with E-state index in [1.54, 1.807) is 0 Å². The zero-order valence-corrected chi connectivity index (χ0v) is 12.0. The van der Waals surface area contributed by atoms with Crippen molar-refractivity contribution in [3.05, 3.63) is 29.3 Å². The number of ether oxygens (including phenoxy) is 1. The van der Waals surface area contributed by atoms with Gasteiger partial charge in [0.05, 0.1) is 0 Å². The summed E-state index contributed by atoms with van der Waals surface area (Å²) in [5.74, 6) is 3.76. The molecule has 0 radical (unpaired) electrons. The van der Waals surface area contributed by atoms with Gasteiger partial charge in [0.1, 0.15) is 11.4 Å². The first-order chi connectivity index (χ1) is 9.12. The monoisotopic (exact) mass is 257 g/mol. The minimum absolute atomic E-state index is 0.0643. The average Bonchev–Trinajstić information content (AvgIpc) is 2.68. The lowest BCUT2D eigenvalue weighted by atomic mass is 10.0. The molecule has 0 saturated carbocycles. The predicted octanol–water partition coefficient (Wildman–Crippen LogP) is 3.29. The first kappa shape index (κ1) is 14.0. The second kappa shape index (κ2) is 6.12. The van der Waals surface area contributed by atoms with Crippen LogP contribution in [0.2, 0.25) is 0 Å². The molecule has 19 heavy (non-hydrogen) atoms. The molecule has 102 valence electrons. The fourth-order valence-corrected chi connectivity index (χ4v) is 2.52. The summed E-state index contributed by atoms with van der Waals surface area (Å²) in [7, 11) is 0. The number of unbranched alkanes of at least 4 members (excludes halogenated alkanes) is 2. The maximum atomic E-state index is 6.05. The van der Waals surface area contributed by atoms with Crippen LogP contribution in [0.25, 0.3) is 0 Å². The van der Waals surface area contributed by atoms with Crippen LogP contribution < -0.4 is 10.1 Å². The zero-order valence-electron chi connectivity index (χ0n) is 12.0. The molecule has 0 aliphatic carbocycles. The van der Waals surface area contributed by atoms with Crippen LogP contribution in [0.5, 0.6) is 5.75 Å². The van der Waals surface area contributed by atoms with Crippen LogP contribution in [-0.2, 0) is 13.0 Å². The van der Waals surface area contributed by atoms with Crippen molar-refractivity contribution in [3.8, 4) is 18.1 Å². The van der Waals surface area contributed by atoms with Crippen LogP contribution in [0.3, 0.4) is 0 Å². The summed E-state index contributed by atoms with van der Waals surface area (Å²) >= 11 is 0. The predicted molar refractivity (Wildman–Crippen MR) is 79.2 cm³/mol. The van der Waals surface area contributed by atoms with E-state index in [2.05, 4.69) is 43.3 Å². The molecular weight excluding hydrogens is 234 g/mol. The lowest BCUT2D eigenvalue weighted by molar-refractivity contribution is 0.137. The average molecular weight is 257 g/mol. The summed E-state index contributed by atoms with van der Waals surface area (Å²) in [6.07, 6.45) is 9.34. The van der Waals surface area contributed by atoms with E-state index in [1.165, 1.54) is 11.1 Å². The molecule has 2 heteroatoms. The highest BCUT2D eigenvalue weighted by Crippen LogP contribution is 2.37. The Morgan fingerprint density at radius 3 is 3.00 bits per heavy atom. The summed E-state index contributed by atoms with van der Waals surface area (Å²) < 4.78 is 6.05. The van der Waals surface area contributed by atoms with Crippen molar-refractivity contribution in [2.45, 2.75) is 51.7 Å². The number of benzene rings is 1. The van der Waals surface area contributed by atoms with Gasteiger partial charge in [-0.15, -0.1) is 12.3 Å². The Hall–Kier alpha value is -1.46. The lowest BCUT2D eigenvalue weighted by Gasteiger charge is -2.18. The number of terminal acetylenes is 1. The van der Waals surface area contributed by atoms with Gasteiger partial charge in [-0.05, 0) is 38.8 Å². The molecule has 0 fully saturated rings. The smallest absolute Gasteiger partial charge is 0.127 e. The molecule has 2 rings (SSSR count). The molecule has 2 nitrogen and oxygen atoms in total. The van der Waals surface area contributed by atoms with Crippen LogP contribution in [0.15, 0.2) is 18.2 Å². The lowest BCUT2D eigenvalue weighted by Crippen LogP contribution is -2.25. The minimum atomic E-state index is -0.0643. The van der Waals surface area contributed by atoms with E-state index in [4.69, 9.17) is 11.2 Å². The quantitative estimate of drug-likeness (QED) is 0.623. The molecule has 1 aromatic rings. The van der Waals surface area contributed by atoms with Crippen molar-refractivity contribution in [2.24, 2.45) is 0 Å². The summed E-state index contributed by atoms with van der Waals surface area (Å²) in [5, 5.41) is 3.47. The molecule has 0 atom stereocenters. The topological polar surface area (TPSA) is 21.3 Å². The molecule has 1 N–H and O–H groups in total. The van der Waals surface area contributed by atoms with Gasteiger partial charge >= 0.3 is 0 Å². The number of hydrogen-bond donors (Lipinski definition) is 1. The SMILES string of the molecule is C#CCCCCNCc1cccc2c1OC(C)(C)C2. The summed E-state index contributed by atoms with van der Waals surface area (Å²) in [6.45, 7) is 6.16. The van der Waals surface area contributed by atoms with Crippen molar-refractivity contribution in [1.29, 1.82) is 0 Å². The molecule has 0 unspecified atom stereocenters. The molecule has 0 aromatic heterocycles. The van der Waals surface area contributed by atoms with E-state index in [9.17, 15) is 0 Å². The fourth-order valence-electron chi connectivity index (χ4n) is 2.52. The first-order valence-electron chi connectivity index (χ1n) is 7.06. The molecule has 0 saturated heterocycles. The highest BCUT2D eigenvalue weighted by Gasteiger charge is 2.31. The van der Waals surface area contributed by atoms with Gasteiger partial charge in [0.15, 0.2) is 0 Å². The Balaban J connectivity index is 1.86. The number of para-hydroxylation sites is 1. The number of rotatable bonds is 6. The van der Waals surface area contributed by atoms with Gasteiger partial charge in [-0.1, -0.05) is 18.2 Å². The second-order valence-corrected chi connectivity index (χ2v) is 5.78. The van der Waals surface area contributed by atoms with Gasteiger partial charge < -0.3 is 10.1 Å². The van der Waals surface area contributed by atoms with Crippen molar-refractivity contribution in [1.82, 2.24) is 5.32 Å². The van der Waals surface area contributed by atoms with Gasteiger partial charge in [0, 0.05) is 24.9 Å². The molecule has 1 aromatic carbocycles. The van der Waals surface area contributed by atoms with Crippen molar-refractivity contribution < 1.29 is 4.74 Å². The van der Waals surface area contributed by atoms with Crippen LogP contribution in [0.4, 0.5) is 0 Å². The largest absolute Gasteiger partial charge is 0.487 e. The highest BCUT2D eigenvalue weighted by molar-refractivity contribution is 5.45. The van der Waals surface area contributed by atoms with Crippen LogP contribution in [-0.4, -0.2) is 12.1 Å². The van der Waals surface area contributed by atoms with Gasteiger partial charge in [-0.25, -0.2) is 0 Å². The standard InChI is InChI=1S/C17H23NO/c1-4-5-6-7-11-18-13-15-10-8-9-14-12-17(2,3)19-16(14)15/h1,8-10,18H,5-7,11-13H2,2-3H3. The van der Waals surface area contributed by atoms with E-state index < -0.39 is 0 Å². The highest BCUT2D eigenvalue weighted by atomic mass is 16.5. The van der Waals surface area contributed by atoms with E-state index in [0.717, 1.165) is 44.5 Å². The van der Waals surface area contributed by atoms with E-state index in [0.29, 0.717) is 0 Å². The molecular formula is C17H23NO. The third kappa shape index (κ3) is 3.75. The Morgan fingerprint density at radius 1 is 1.37 bits per heavy atom. The molecule has 1 aliphatic heterocycles. The molecule has 1 aliphatic rings. The van der Waals surface area contributed by atoms with Crippen LogP contribution >= 0.6 is 0 Å². The molecule has 0 spiro atoms. The third-order valence-electron chi connectivity index (χ3n) is 3.41. The molecule has 0 bridgehead atoms. The number of nitrogens with one attached hydrogen (secondary N) is 1. The fraction of sp³-hybridized carbons (Fsp3) is 0.529. The third-order valence-corrected chi connectivity index (χ3v) is 3.41. The van der Waals surface area contributed by atoms with Gasteiger partial charge in [-0.2, -0.15) is 0 Å². The van der Waals surface area contributed by atoms with E-state index in [-0.39, 0.29) is 5.60 Å². The Labute approximate surface area is 116 Å². The minimum Gasteiger partial charge on any atom is -0.487 e.